The maximum atomic E-state index is 6.18. The number of rotatable bonds is 4. The fourth-order valence-corrected chi connectivity index (χ4v) is 3.91. The Balaban J connectivity index is 1.81. The highest BCUT2D eigenvalue weighted by Gasteiger charge is 2.21. The second kappa shape index (κ2) is 6.05. The van der Waals surface area contributed by atoms with E-state index in [4.69, 9.17) is 10.7 Å². The van der Waals surface area contributed by atoms with E-state index in [2.05, 4.69) is 72.6 Å². The van der Waals surface area contributed by atoms with Gasteiger partial charge in [-0.15, -0.1) is 0 Å². The van der Waals surface area contributed by atoms with E-state index >= 15 is 0 Å². The molecule has 0 aliphatic rings. The molecule has 0 fully saturated rings. The van der Waals surface area contributed by atoms with Crippen molar-refractivity contribution in [3.63, 3.8) is 0 Å². The molecule has 2 heterocycles. The van der Waals surface area contributed by atoms with Crippen LogP contribution < -0.4 is 5.73 Å². The Morgan fingerprint density at radius 1 is 0.960 bits per heavy atom. The monoisotopic (exact) mass is 332 g/mol. The molecule has 2 N–H and O–H groups in total. The molecule has 25 heavy (non-hydrogen) atoms. The quantitative estimate of drug-likeness (QED) is 0.620. The van der Waals surface area contributed by atoms with Gasteiger partial charge in [0.15, 0.2) is 0 Å². The molecule has 4 heteroatoms. The number of hydrogen-bond acceptors (Lipinski definition) is 2. The van der Waals surface area contributed by atoms with Gasteiger partial charge in [0, 0.05) is 43.2 Å². The fraction of sp³-hybridized carbons (Fsp3) is 0.286. The third-order valence-corrected chi connectivity index (χ3v) is 5.45. The zero-order valence-corrected chi connectivity index (χ0v) is 15.0. The van der Waals surface area contributed by atoms with Crippen LogP contribution >= 0.6 is 0 Å². The van der Waals surface area contributed by atoms with Crippen LogP contribution in [0, 0.1) is 6.92 Å². The zero-order valence-electron chi connectivity index (χ0n) is 15.0. The Morgan fingerprint density at radius 2 is 1.64 bits per heavy atom. The number of nitrogens with two attached hydrogens (primary N) is 1. The molecule has 128 valence electrons. The third-order valence-electron chi connectivity index (χ3n) is 5.45. The van der Waals surface area contributed by atoms with Crippen LogP contribution in [0.25, 0.3) is 21.9 Å². The minimum Gasteiger partial charge on any atom is -0.348 e. The SMILES string of the molecule is Cc1c(CC(CN)c2nc3ccccc3n2C)c2ccccc2n1C. The van der Waals surface area contributed by atoms with Gasteiger partial charge in [0.1, 0.15) is 5.82 Å². The Labute approximate surface area is 147 Å². The van der Waals surface area contributed by atoms with Crippen molar-refractivity contribution in [2.24, 2.45) is 19.8 Å². The molecule has 0 aliphatic carbocycles. The average Bonchev–Trinajstić information content (AvgIpc) is 3.10. The Kier molecular flexibility index (Phi) is 3.85. The van der Waals surface area contributed by atoms with Crippen molar-refractivity contribution >= 4 is 21.9 Å². The van der Waals surface area contributed by atoms with Crippen molar-refractivity contribution in [1.82, 2.24) is 14.1 Å². The number of para-hydroxylation sites is 3. The lowest BCUT2D eigenvalue weighted by Crippen LogP contribution is -2.19. The second-order valence-electron chi connectivity index (χ2n) is 6.79. The largest absolute Gasteiger partial charge is 0.348 e. The van der Waals surface area contributed by atoms with Crippen LogP contribution in [0.4, 0.5) is 0 Å². The second-order valence-corrected chi connectivity index (χ2v) is 6.79. The standard InChI is InChI=1S/C21H24N4/c1-14-17(16-8-4-6-10-19(16)24(14)2)12-15(13-22)21-23-18-9-5-7-11-20(18)25(21)3/h4-11,15H,12-13,22H2,1-3H3. The highest BCUT2D eigenvalue weighted by molar-refractivity contribution is 5.85. The van der Waals surface area contributed by atoms with Gasteiger partial charge < -0.3 is 14.9 Å². The van der Waals surface area contributed by atoms with Crippen molar-refractivity contribution in [2.75, 3.05) is 6.54 Å². The fourth-order valence-electron chi connectivity index (χ4n) is 3.91. The molecule has 0 bridgehead atoms. The van der Waals surface area contributed by atoms with Crippen LogP contribution in [-0.4, -0.2) is 20.7 Å². The van der Waals surface area contributed by atoms with Gasteiger partial charge in [-0.1, -0.05) is 30.3 Å². The van der Waals surface area contributed by atoms with Crippen molar-refractivity contribution in [2.45, 2.75) is 19.3 Å². The Morgan fingerprint density at radius 3 is 2.36 bits per heavy atom. The van der Waals surface area contributed by atoms with E-state index in [0.717, 1.165) is 23.3 Å². The summed E-state index contributed by atoms with van der Waals surface area (Å²) in [6, 6.07) is 16.9. The summed E-state index contributed by atoms with van der Waals surface area (Å²) in [6.07, 6.45) is 0.904. The Hall–Kier alpha value is -2.59. The van der Waals surface area contributed by atoms with E-state index in [1.54, 1.807) is 0 Å². The van der Waals surface area contributed by atoms with Crippen LogP contribution in [-0.2, 0) is 20.5 Å². The zero-order chi connectivity index (χ0) is 17.6. The lowest BCUT2D eigenvalue weighted by atomic mass is 9.96. The summed E-state index contributed by atoms with van der Waals surface area (Å²) in [5, 5.41) is 1.32. The van der Waals surface area contributed by atoms with Gasteiger partial charge in [-0.2, -0.15) is 0 Å². The van der Waals surface area contributed by atoms with Gasteiger partial charge in [0.05, 0.1) is 11.0 Å². The first-order chi connectivity index (χ1) is 12.1. The summed E-state index contributed by atoms with van der Waals surface area (Å²) in [5.74, 6) is 1.26. The summed E-state index contributed by atoms with van der Waals surface area (Å²) >= 11 is 0. The minimum atomic E-state index is 0.196. The van der Waals surface area contributed by atoms with Gasteiger partial charge >= 0.3 is 0 Å². The molecular formula is C21H24N4. The topological polar surface area (TPSA) is 48.8 Å². The normalized spacial score (nSPS) is 13.0. The van der Waals surface area contributed by atoms with Gasteiger partial charge in [0.2, 0.25) is 0 Å². The molecule has 1 unspecified atom stereocenters. The summed E-state index contributed by atoms with van der Waals surface area (Å²) < 4.78 is 4.46. The first-order valence-corrected chi connectivity index (χ1v) is 8.76. The summed E-state index contributed by atoms with van der Waals surface area (Å²) in [6.45, 7) is 2.78. The lowest BCUT2D eigenvalue weighted by Gasteiger charge is -2.15. The molecule has 0 aliphatic heterocycles. The third kappa shape index (κ3) is 2.45. The number of fused-ring (bicyclic) bond motifs is 2. The number of aryl methyl sites for hydroxylation is 2. The van der Waals surface area contributed by atoms with E-state index in [1.807, 2.05) is 6.07 Å². The van der Waals surface area contributed by atoms with Crippen molar-refractivity contribution in [3.8, 4) is 0 Å². The van der Waals surface area contributed by atoms with Crippen molar-refractivity contribution in [3.05, 3.63) is 65.6 Å². The summed E-state index contributed by atoms with van der Waals surface area (Å²) in [7, 11) is 4.22. The van der Waals surface area contributed by atoms with E-state index < -0.39 is 0 Å². The molecule has 2 aromatic carbocycles. The molecule has 0 radical (unpaired) electrons. The van der Waals surface area contributed by atoms with E-state index in [1.165, 1.54) is 22.2 Å². The molecule has 4 aromatic rings. The summed E-state index contributed by atoms with van der Waals surface area (Å²) in [4.78, 5) is 4.87. The molecule has 0 saturated carbocycles. The smallest absolute Gasteiger partial charge is 0.114 e. The van der Waals surface area contributed by atoms with Gasteiger partial charge in [-0.25, -0.2) is 4.98 Å². The molecular weight excluding hydrogens is 308 g/mol. The predicted molar refractivity (Wildman–Crippen MR) is 104 cm³/mol. The molecule has 0 amide bonds. The number of nitrogens with zero attached hydrogens (tertiary/aromatic N) is 3. The van der Waals surface area contributed by atoms with Gasteiger partial charge in [0.25, 0.3) is 0 Å². The number of hydrogen-bond donors (Lipinski definition) is 1. The number of imidazole rings is 1. The van der Waals surface area contributed by atoms with Gasteiger partial charge in [-0.05, 0) is 37.1 Å². The van der Waals surface area contributed by atoms with E-state index in [-0.39, 0.29) is 5.92 Å². The van der Waals surface area contributed by atoms with Crippen LogP contribution in [0.15, 0.2) is 48.5 Å². The highest BCUT2D eigenvalue weighted by Crippen LogP contribution is 2.30. The minimum absolute atomic E-state index is 0.196. The first-order valence-electron chi connectivity index (χ1n) is 8.76. The van der Waals surface area contributed by atoms with Crippen molar-refractivity contribution < 1.29 is 0 Å². The van der Waals surface area contributed by atoms with E-state index in [0.29, 0.717) is 6.54 Å². The maximum absolute atomic E-state index is 6.18. The maximum Gasteiger partial charge on any atom is 0.114 e. The van der Waals surface area contributed by atoms with Gasteiger partial charge in [-0.3, -0.25) is 0 Å². The molecule has 1 atom stereocenters. The van der Waals surface area contributed by atoms with Crippen LogP contribution in [0.5, 0.6) is 0 Å². The molecule has 2 aromatic heterocycles. The Bertz CT molecular complexity index is 1050. The molecule has 0 saturated heterocycles. The number of benzene rings is 2. The summed E-state index contributed by atoms with van der Waals surface area (Å²) in [5.41, 5.74) is 12.3. The molecule has 4 nitrogen and oxygen atoms in total. The molecule has 0 spiro atoms. The van der Waals surface area contributed by atoms with Crippen LogP contribution in [0.2, 0.25) is 0 Å². The number of aromatic nitrogens is 3. The predicted octanol–water partition coefficient (Wildman–Crippen LogP) is 3.66. The first kappa shape index (κ1) is 15.9. The van der Waals surface area contributed by atoms with E-state index in [9.17, 15) is 0 Å². The average molecular weight is 332 g/mol. The molecule has 4 rings (SSSR count). The lowest BCUT2D eigenvalue weighted by molar-refractivity contribution is 0.621. The van der Waals surface area contributed by atoms with Crippen LogP contribution in [0.3, 0.4) is 0 Å². The van der Waals surface area contributed by atoms with Crippen LogP contribution in [0.1, 0.15) is 23.0 Å². The highest BCUT2D eigenvalue weighted by atomic mass is 15.1. The van der Waals surface area contributed by atoms with Crippen molar-refractivity contribution in [1.29, 1.82) is 0 Å².